The fourth-order valence-corrected chi connectivity index (χ4v) is 1.64. The summed E-state index contributed by atoms with van der Waals surface area (Å²) in [6.07, 6.45) is 1.65. The van der Waals surface area contributed by atoms with E-state index in [1.54, 1.807) is 30.5 Å². The Balaban J connectivity index is 2.26. The molecule has 0 spiro atoms. The van der Waals surface area contributed by atoms with Crippen LogP contribution in [0.3, 0.4) is 0 Å². The van der Waals surface area contributed by atoms with Crippen molar-refractivity contribution < 1.29 is 4.74 Å². The molecule has 82 valence electrons. The van der Waals surface area contributed by atoms with E-state index < -0.39 is 0 Å². The van der Waals surface area contributed by atoms with E-state index in [1.807, 2.05) is 6.07 Å². The summed E-state index contributed by atoms with van der Waals surface area (Å²) >= 11 is 15.1. The van der Waals surface area contributed by atoms with Gasteiger partial charge in [-0.05, 0) is 34.1 Å². The van der Waals surface area contributed by atoms with Gasteiger partial charge in [0.15, 0.2) is 0 Å². The Morgan fingerprint density at radius 2 is 1.94 bits per heavy atom. The third-order valence-electron chi connectivity index (χ3n) is 1.81. The third kappa shape index (κ3) is 2.88. The van der Waals surface area contributed by atoms with Crippen LogP contribution in [0.1, 0.15) is 0 Å². The van der Waals surface area contributed by atoms with Gasteiger partial charge in [-0.1, -0.05) is 23.2 Å². The summed E-state index contributed by atoms with van der Waals surface area (Å²) in [4.78, 5) is 4.07. The first-order chi connectivity index (χ1) is 7.65. The van der Waals surface area contributed by atoms with Crippen LogP contribution in [-0.2, 0) is 0 Å². The van der Waals surface area contributed by atoms with Gasteiger partial charge in [-0.3, -0.25) is 0 Å². The Morgan fingerprint density at radius 1 is 1.12 bits per heavy atom. The zero-order valence-electron chi connectivity index (χ0n) is 7.95. The lowest BCUT2D eigenvalue weighted by Gasteiger charge is -2.06. The van der Waals surface area contributed by atoms with E-state index in [0.29, 0.717) is 21.7 Å². The molecule has 0 saturated heterocycles. The van der Waals surface area contributed by atoms with Gasteiger partial charge in [-0.2, -0.15) is 0 Å². The zero-order valence-corrected chi connectivity index (χ0v) is 11.1. The van der Waals surface area contributed by atoms with Crippen molar-refractivity contribution in [3.05, 3.63) is 51.0 Å². The summed E-state index contributed by atoms with van der Waals surface area (Å²) in [6, 6.07) is 8.60. The second-order valence-corrected chi connectivity index (χ2v) is 4.75. The van der Waals surface area contributed by atoms with E-state index in [0.717, 1.165) is 4.47 Å². The summed E-state index contributed by atoms with van der Waals surface area (Å²) in [5, 5.41) is 1.06. The first-order valence-electron chi connectivity index (χ1n) is 4.39. The van der Waals surface area contributed by atoms with Crippen molar-refractivity contribution in [1.82, 2.24) is 4.98 Å². The van der Waals surface area contributed by atoms with Crippen LogP contribution in [-0.4, -0.2) is 4.98 Å². The van der Waals surface area contributed by atoms with E-state index in [2.05, 4.69) is 20.9 Å². The minimum Gasteiger partial charge on any atom is -0.437 e. The van der Waals surface area contributed by atoms with Gasteiger partial charge in [-0.15, -0.1) is 0 Å². The summed E-state index contributed by atoms with van der Waals surface area (Å²) < 4.78 is 6.38. The Labute approximate surface area is 111 Å². The van der Waals surface area contributed by atoms with Crippen molar-refractivity contribution in [3.63, 3.8) is 0 Å². The quantitative estimate of drug-likeness (QED) is 0.782. The number of aromatic nitrogens is 1. The first kappa shape index (κ1) is 11.7. The molecule has 0 N–H and O–H groups in total. The number of benzene rings is 1. The van der Waals surface area contributed by atoms with Crippen molar-refractivity contribution in [2.75, 3.05) is 0 Å². The average Bonchev–Trinajstić information content (AvgIpc) is 2.27. The molecule has 0 fully saturated rings. The van der Waals surface area contributed by atoms with Gasteiger partial charge in [0, 0.05) is 27.8 Å². The molecule has 0 aliphatic heterocycles. The van der Waals surface area contributed by atoms with Gasteiger partial charge in [0.05, 0.1) is 5.02 Å². The molecule has 0 atom stereocenters. The number of nitrogens with zero attached hydrogens (tertiary/aromatic N) is 1. The topological polar surface area (TPSA) is 22.1 Å². The molecule has 5 heteroatoms. The highest BCUT2D eigenvalue weighted by Crippen LogP contribution is 2.31. The van der Waals surface area contributed by atoms with E-state index >= 15 is 0 Å². The smallest absolute Gasteiger partial charge is 0.219 e. The van der Waals surface area contributed by atoms with Crippen molar-refractivity contribution in [3.8, 4) is 11.6 Å². The van der Waals surface area contributed by atoms with Crippen LogP contribution < -0.4 is 4.74 Å². The Morgan fingerprint density at radius 3 is 2.62 bits per heavy atom. The second-order valence-electron chi connectivity index (χ2n) is 2.99. The normalized spacial score (nSPS) is 10.2. The molecule has 0 radical (unpaired) electrons. The first-order valence-corrected chi connectivity index (χ1v) is 5.94. The molecule has 16 heavy (non-hydrogen) atoms. The van der Waals surface area contributed by atoms with Crippen molar-refractivity contribution in [2.45, 2.75) is 0 Å². The molecular weight excluding hydrogens is 313 g/mol. The zero-order chi connectivity index (χ0) is 11.5. The van der Waals surface area contributed by atoms with Gasteiger partial charge in [0.1, 0.15) is 5.75 Å². The summed E-state index contributed by atoms with van der Waals surface area (Å²) in [6.45, 7) is 0. The molecule has 0 saturated carbocycles. The average molecular weight is 319 g/mol. The predicted molar refractivity (Wildman–Crippen MR) is 68.5 cm³/mol. The van der Waals surface area contributed by atoms with Crippen molar-refractivity contribution in [1.29, 1.82) is 0 Å². The molecule has 0 aliphatic rings. The molecule has 0 aliphatic carbocycles. The molecule has 2 nitrogen and oxygen atoms in total. The highest BCUT2D eigenvalue weighted by molar-refractivity contribution is 9.10. The summed E-state index contributed by atoms with van der Waals surface area (Å²) in [7, 11) is 0. The Bertz CT molecular complexity index is 502. The van der Waals surface area contributed by atoms with E-state index in [9.17, 15) is 0 Å². The second kappa shape index (κ2) is 5.04. The Hall–Kier alpha value is -0.770. The van der Waals surface area contributed by atoms with Crippen LogP contribution in [0.2, 0.25) is 10.0 Å². The largest absolute Gasteiger partial charge is 0.437 e. The van der Waals surface area contributed by atoms with E-state index in [1.165, 1.54) is 0 Å². The number of rotatable bonds is 2. The fourth-order valence-electron chi connectivity index (χ4n) is 1.09. The lowest BCUT2D eigenvalue weighted by Crippen LogP contribution is -1.88. The van der Waals surface area contributed by atoms with Crippen LogP contribution in [0.15, 0.2) is 41.0 Å². The highest BCUT2D eigenvalue weighted by Gasteiger charge is 2.04. The van der Waals surface area contributed by atoms with E-state index in [-0.39, 0.29) is 0 Å². The van der Waals surface area contributed by atoms with Gasteiger partial charge in [-0.25, -0.2) is 4.98 Å². The van der Waals surface area contributed by atoms with Gasteiger partial charge in [0.25, 0.3) is 0 Å². The van der Waals surface area contributed by atoms with Gasteiger partial charge < -0.3 is 4.74 Å². The van der Waals surface area contributed by atoms with Crippen molar-refractivity contribution >= 4 is 39.1 Å². The minimum atomic E-state index is 0.465. The van der Waals surface area contributed by atoms with Crippen molar-refractivity contribution in [2.24, 2.45) is 0 Å². The third-order valence-corrected chi connectivity index (χ3v) is 2.82. The fraction of sp³-hybridized carbons (Fsp3) is 0. The molecule has 1 aromatic carbocycles. The molecule has 0 bridgehead atoms. The molecular formula is C11H6BrCl2NO. The molecule has 1 aromatic heterocycles. The summed E-state index contributed by atoms with van der Waals surface area (Å²) in [5.74, 6) is 0.955. The van der Waals surface area contributed by atoms with Crippen LogP contribution >= 0.6 is 39.1 Å². The number of pyridine rings is 1. The monoisotopic (exact) mass is 317 g/mol. The number of ether oxygens (including phenoxy) is 1. The van der Waals surface area contributed by atoms with Crippen LogP contribution in [0, 0.1) is 0 Å². The standard InChI is InChI=1S/C11H6BrCl2NO/c12-7-1-4-11(15-6-7)16-10-5-8(13)2-3-9(10)14/h1-6H. The lowest BCUT2D eigenvalue weighted by molar-refractivity contribution is 0.463. The van der Waals surface area contributed by atoms with E-state index in [4.69, 9.17) is 27.9 Å². The van der Waals surface area contributed by atoms with Crippen LogP contribution in [0.25, 0.3) is 0 Å². The van der Waals surface area contributed by atoms with Crippen LogP contribution in [0.4, 0.5) is 0 Å². The highest BCUT2D eigenvalue weighted by atomic mass is 79.9. The molecule has 0 amide bonds. The number of hydrogen-bond acceptors (Lipinski definition) is 2. The van der Waals surface area contributed by atoms with Gasteiger partial charge in [0.2, 0.25) is 5.88 Å². The molecule has 2 aromatic rings. The maximum absolute atomic E-state index is 5.96. The SMILES string of the molecule is Clc1ccc(Cl)c(Oc2ccc(Br)cn2)c1. The predicted octanol–water partition coefficient (Wildman–Crippen LogP) is 4.94. The molecule has 2 rings (SSSR count). The number of hydrogen-bond donors (Lipinski definition) is 0. The molecule has 1 heterocycles. The number of halogens is 3. The minimum absolute atomic E-state index is 0.465. The lowest BCUT2D eigenvalue weighted by atomic mass is 10.3. The molecule has 0 unspecified atom stereocenters. The summed E-state index contributed by atoms with van der Waals surface area (Å²) in [5.41, 5.74) is 0. The maximum Gasteiger partial charge on any atom is 0.219 e. The maximum atomic E-state index is 5.96. The van der Waals surface area contributed by atoms with Gasteiger partial charge >= 0.3 is 0 Å². The Kier molecular flexibility index (Phi) is 3.69. The van der Waals surface area contributed by atoms with Crippen LogP contribution in [0.5, 0.6) is 11.6 Å².